The molecule has 4 amide bonds. The van der Waals surface area contributed by atoms with Gasteiger partial charge in [0.2, 0.25) is 17.6 Å². The number of anilines is 1. The summed E-state index contributed by atoms with van der Waals surface area (Å²) < 4.78 is 37.1. The number of hydrogen-bond donors (Lipinski definition) is 6. The molecule has 0 radical (unpaired) electrons. The number of carbonyl (C=O) groups is 5. The van der Waals surface area contributed by atoms with Crippen LogP contribution in [-0.2, 0) is 25.5 Å². The number of rotatable bonds is 13. The van der Waals surface area contributed by atoms with Crippen LogP contribution in [0.25, 0.3) is 22.5 Å². The predicted molar refractivity (Wildman–Crippen MR) is 241 cm³/mol. The number of benzene rings is 3. The van der Waals surface area contributed by atoms with Crippen LogP contribution < -0.4 is 21.3 Å². The fourth-order valence-corrected chi connectivity index (χ4v) is 7.90. The van der Waals surface area contributed by atoms with Gasteiger partial charge in [-0.05, 0) is 150 Å². The summed E-state index contributed by atoms with van der Waals surface area (Å²) in [6.07, 6.45) is -0.468. The first kappa shape index (κ1) is 50.6. The molecule has 2 fully saturated rings. The van der Waals surface area contributed by atoms with Gasteiger partial charge in [-0.25, -0.2) is 9.59 Å². The molecule has 3 aromatic carbocycles. The number of nitrogens with zero attached hydrogens (tertiary/aromatic N) is 4. The molecule has 66 heavy (non-hydrogen) atoms. The fourth-order valence-electron chi connectivity index (χ4n) is 7.90. The number of alkyl halides is 3. The number of tetrazole rings is 1. The zero-order valence-electron chi connectivity index (χ0n) is 38.1. The van der Waals surface area contributed by atoms with Crippen molar-refractivity contribution >= 4 is 35.5 Å². The maximum atomic E-state index is 13.9. The van der Waals surface area contributed by atoms with Crippen LogP contribution in [0, 0.1) is 18.8 Å². The van der Waals surface area contributed by atoms with E-state index >= 15 is 0 Å². The second kappa shape index (κ2) is 22.7. The van der Waals surface area contributed by atoms with Gasteiger partial charge in [0.25, 0.3) is 5.91 Å². The number of nitrogens with one attached hydrogen (secondary N) is 5. The highest BCUT2D eigenvalue weighted by molar-refractivity contribution is 5.98. The number of halogens is 3. The molecule has 2 aliphatic rings. The molecule has 356 valence electrons. The molecule has 1 atom stereocenters. The number of ether oxygens (including phenoxy) is 1. The molecular weight excluding hydrogens is 860 g/mol. The Balaban J connectivity index is 0.00000108. The first-order valence-corrected chi connectivity index (χ1v) is 22.1. The number of alkyl carbamates (subject to hydrolysis) is 1. The van der Waals surface area contributed by atoms with E-state index in [4.69, 9.17) is 14.6 Å². The predicted octanol–water partition coefficient (Wildman–Crippen LogP) is 7.08. The molecule has 4 aromatic rings. The summed E-state index contributed by atoms with van der Waals surface area (Å²) in [7, 11) is 0. The quantitative estimate of drug-likeness (QED) is 0.0796. The average molecular weight is 920 g/mol. The van der Waals surface area contributed by atoms with Gasteiger partial charge in [-0.3, -0.25) is 14.4 Å². The molecule has 1 aromatic heterocycles. The van der Waals surface area contributed by atoms with Gasteiger partial charge in [0.05, 0.1) is 0 Å². The van der Waals surface area contributed by atoms with Gasteiger partial charge in [-0.2, -0.15) is 18.4 Å². The summed E-state index contributed by atoms with van der Waals surface area (Å²) in [5, 5.41) is 33.3. The summed E-state index contributed by atoms with van der Waals surface area (Å²) in [6.45, 7) is 14.4. The van der Waals surface area contributed by atoms with Gasteiger partial charge in [-0.15, -0.1) is 10.2 Å². The molecule has 1 saturated heterocycles. The van der Waals surface area contributed by atoms with E-state index in [1.807, 2.05) is 70.2 Å². The van der Waals surface area contributed by atoms with E-state index in [0.29, 0.717) is 42.5 Å². The van der Waals surface area contributed by atoms with Crippen LogP contribution in [0.2, 0.25) is 0 Å². The number of carboxylic acids is 1. The number of aromatic amines is 1. The highest BCUT2D eigenvalue weighted by Crippen LogP contribution is 2.30. The Morgan fingerprint density at radius 2 is 1.50 bits per heavy atom. The largest absolute Gasteiger partial charge is 0.490 e. The van der Waals surface area contributed by atoms with Gasteiger partial charge >= 0.3 is 18.2 Å². The van der Waals surface area contributed by atoms with Gasteiger partial charge in [0, 0.05) is 60.9 Å². The first-order chi connectivity index (χ1) is 31.1. The van der Waals surface area contributed by atoms with Crippen LogP contribution in [0.15, 0.2) is 66.7 Å². The normalized spacial score (nSPS) is 17.4. The highest BCUT2D eigenvalue weighted by atomic mass is 19.4. The van der Waals surface area contributed by atoms with Crippen molar-refractivity contribution < 1.29 is 47.0 Å². The second-order valence-corrected chi connectivity index (χ2v) is 18.1. The first-order valence-electron chi connectivity index (χ1n) is 22.1. The standard InChI is InChI=1S/C45H59N9O5.C2HF3O2/c1-28(2)54-23-21-37(22-24-54)47-42(56)35-17-20-38(29(3)25-35)32-11-7-30(8-12-32)26-39(43(57)48-36-18-15-33(16-19-36)40-50-52-53-51-40)49-41(55)34-13-9-31(10-14-34)27-46-44(58)59-45(4,5)6;3-2(4,5)1(6)7/h7-8,11-12,15-20,25,28,31,34,37,39H,9-10,13-14,21-24,26-27H2,1-6H3,(H,46,58)(H,47,56)(H,48,57)(H,49,55)(H,50,51,52,53);(H,6,7)/t31?,34?,39-;/m0./s1. The van der Waals surface area contributed by atoms with E-state index in [-0.39, 0.29) is 42.0 Å². The van der Waals surface area contributed by atoms with E-state index in [1.165, 1.54) is 0 Å². The van der Waals surface area contributed by atoms with Crippen molar-refractivity contribution in [3.8, 4) is 22.5 Å². The highest BCUT2D eigenvalue weighted by Gasteiger charge is 2.38. The van der Waals surface area contributed by atoms with E-state index in [2.05, 4.69) is 60.6 Å². The van der Waals surface area contributed by atoms with Gasteiger partial charge in [0.15, 0.2) is 0 Å². The molecule has 1 aliphatic carbocycles. The summed E-state index contributed by atoms with van der Waals surface area (Å²) in [5.74, 6) is -2.85. The van der Waals surface area contributed by atoms with E-state index in [9.17, 15) is 32.3 Å². The summed E-state index contributed by atoms with van der Waals surface area (Å²) in [5.41, 5.74) is 5.27. The van der Waals surface area contributed by atoms with Crippen molar-refractivity contribution in [2.75, 3.05) is 25.0 Å². The van der Waals surface area contributed by atoms with Crippen molar-refractivity contribution in [1.82, 2.24) is 41.5 Å². The number of piperidine rings is 1. The number of amides is 4. The Hall–Kier alpha value is -6.37. The molecular formula is C47H60F3N9O7. The van der Waals surface area contributed by atoms with Crippen molar-refractivity contribution in [1.29, 1.82) is 0 Å². The maximum absolute atomic E-state index is 13.9. The summed E-state index contributed by atoms with van der Waals surface area (Å²) >= 11 is 0. The summed E-state index contributed by atoms with van der Waals surface area (Å²) in [4.78, 5) is 64.3. The minimum atomic E-state index is -5.08. The Bertz CT molecular complexity index is 2250. The number of aromatic nitrogens is 4. The van der Waals surface area contributed by atoms with Crippen LogP contribution in [0.1, 0.15) is 94.6 Å². The maximum Gasteiger partial charge on any atom is 0.490 e. The summed E-state index contributed by atoms with van der Waals surface area (Å²) in [6, 6.07) is 20.8. The lowest BCUT2D eigenvalue weighted by molar-refractivity contribution is -0.192. The Morgan fingerprint density at radius 3 is 2.05 bits per heavy atom. The molecule has 0 unspecified atom stereocenters. The number of aryl methyl sites for hydroxylation is 1. The van der Waals surface area contributed by atoms with Crippen LogP contribution in [0.3, 0.4) is 0 Å². The average Bonchev–Trinajstić information content (AvgIpc) is 3.81. The SMILES string of the molecule is Cc1cc(C(=O)NC2CCN(C(C)C)CC2)ccc1-c1ccc(C[C@H](NC(=O)C2CCC(CNC(=O)OC(C)(C)C)CC2)C(=O)Nc2ccc(-c3nn[nH]n3)cc2)cc1.O=C(O)C(F)(F)F. The van der Waals surface area contributed by atoms with Gasteiger partial charge in [0.1, 0.15) is 11.6 Å². The van der Waals surface area contributed by atoms with Crippen molar-refractivity contribution in [2.45, 2.75) is 116 Å². The molecule has 16 nitrogen and oxygen atoms in total. The van der Waals surface area contributed by atoms with Crippen LogP contribution in [0.5, 0.6) is 0 Å². The third-order valence-corrected chi connectivity index (χ3v) is 11.6. The lowest BCUT2D eigenvalue weighted by Gasteiger charge is -2.34. The molecule has 1 aliphatic heterocycles. The Morgan fingerprint density at radius 1 is 0.879 bits per heavy atom. The van der Waals surface area contributed by atoms with Crippen molar-refractivity contribution in [3.05, 3.63) is 83.4 Å². The third-order valence-electron chi connectivity index (χ3n) is 11.6. The molecule has 6 N–H and O–H groups in total. The lowest BCUT2D eigenvalue weighted by Crippen LogP contribution is -2.48. The Labute approximate surface area is 382 Å². The van der Waals surface area contributed by atoms with Crippen molar-refractivity contribution in [3.63, 3.8) is 0 Å². The van der Waals surface area contributed by atoms with E-state index in [1.54, 1.807) is 24.3 Å². The monoisotopic (exact) mass is 919 g/mol. The molecule has 19 heteroatoms. The fraction of sp³-hybridized carbons (Fsp3) is 0.489. The zero-order chi connectivity index (χ0) is 48.2. The van der Waals surface area contributed by atoms with E-state index < -0.39 is 29.9 Å². The number of carbonyl (C=O) groups excluding carboxylic acids is 4. The Kier molecular flexibility index (Phi) is 17.4. The van der Waals surface area contributed by atoms with Crippen LogP contribution >= 0.6 is 0 Å². The van der Waals surface area contributed by atoms with Gasteiger partial charge < -0.3 is 36.0 Å². The topological polar surface area (TPSA) is 221 Å². The molecule has 0 bridgehead atoms. The molecule has 2 heterocycles. The third kappa shape index (κ3) is 15.4. The smallest absolute Gasteiger partial charge is 0.475 e. The van der Waals surface area contributed by atoms with Crippen molar-refractivity contribution in [2.24, 2.45) is 11.8 Å². The molecule has 1 saturated carbocycles. The lowest BCUT2D eigenvalue weighted by atomic mass is 9.81. The van der Waals surface area contributed by atoms with Crippen LogP contribution in [-0.4, -0.2) is 110 Å². The molecule has 0 spiro atoms. The van der Waals surface area contributed by atoms with Crippen LogP contribution in [0.4, 0.5) is 23.7 Å². The minimum absolute atomic E-state index is 0.0458. The molecule has 6 rings (SSSR count). The van der Waals surface area contributed by atoms with Gasteiger partial charge in [-0.1, -0.05) is 30.3 Å². The minimum Gasteiger partial charge on any atom is -0.475 e. The number of H-pyrrole nitrogens is 1. The number of aliphatic carboxylic acids is 1. The number of hydrogen-bond acceptors (Lipinski definition) is 10. The zero-order valence-corrected chi connectivity index (χ0v) is 38.1. The number of likely N-dealkylation sites (tertiary alicyclic amines) is 1. The number of carboxylic acid groups (broad SMARTS) is 1. The second-order valence-electron chi connectivity index (χ2n) is 18.1. The van der Waals surface area contributed by atoms with E-state index in [0.717, 1.165) is 66.6 Å².